The summed E-state index contributed by atoms with van der Waals surface area (Å²) in [6, 6.07) is 11.7. The molecular weight excluding hydrogens is 298 g/mol. The Morgan fingerprint density at radius 1 is 1.13 bits per heavy atom. The number of nitro benzene ring substituents is 1. The Labute approximate surface area is 131 Å². The lowest BCUT2D eigenvalue weighted by atomic mass is 10.1. The van der Waals surface area contributed by atoms with E-state index in [1.165, 1.54) is 6.07 Å². The first-order valence-electron chi connectivity index (χ1n) is 7.11. The molecule has 1 heterocycles. The Hall–Kier alpha value is -2.77. The molecule has 118 valence electrons. The summed E-state index contributed by atoms with van der Waals surface area (Å²) in [5.74, 6) is 0.405. The molecule has 0 bridgehead atoms. The number of aliphatic hydroxyl groups excluding tert-OH is 2. The van der Waals surface area contributed by atoms with Crippen molar-refractivity contribution in [1.82, 2.24) is 9.55 Å². The highest BCUT2D eigenvalue weighted by Gasteiger charge is 2.21. The largest absolute Gasteiger partial charge is 0.395 e. The zero-order valence-corrected chi connectivity index (χ0v) is 12.2. The third-order valence-corrected chi connectivity index (χ3v) is 3.70. The van der Waals surface area contributed by atoms with E-state index in [0.717, 1.165) is 5.52 Å². The third kappa shape index (κ3) is 2.56. The molecular formula is C16H15N3O4. The second kappa shape index (κ2) is 6.15. The molecule has 0 aliphatic rings. The fourth-order valence-corrected chi connectivity index (χ4v) is 2.69. The van der Waals surface area contributed by atoms with Crippen LogP contribution in [0, 0.1) is 10.1 Å². The summed E-state index contributed by atoms with van der Waals surface area (Å²) in [7, 11) is 0. The maximum Gasteiger partial charge on any atom is 0.280 e. The highest BCUT2D eigenvalue weighted by Crippen LogP contribution is 2.32. The Balaban J connectivity index is 2.33. The van der Waals surface area contributed by atoms with Gasteiger partial charge in [0.2, 0.25) is 0 Å². The van der Waals surface area contributed by atoms with Gasteiger partial charge in [0.15, 0.2) is 0 Å². The Bertz CT molecular complexity index is 873. The standard InChI is InChI=1S/C16H15N3O4/c20-9-8-18-14-7-3-4-11(10-21)15(14)17-16(18)12-5-1-2-6-13(12)19(22)23/h1-7,20-21H,8-10H2. The smallest absolute Gasteiger partial charge is 0.280 e. The van der Waals surface area contributed by atoms with Crippen LogP contribution < -0.4 is 0 Å². The minimum Gasteiger partial charge on any atom is -0.395 e. The molecule has 0 radical (unpaired) electrons. The van der Waals surface area contributed by atoms with Gasteiger partial charge in [-0.15, -0.1) is 0 Å². The second-order valence-corrected chi connectivity index (χ2v) is 5.03. The third-order valence-electron chi connectivity index (χ3n) is 3.70. The molecule has 0 saturated heterocycles. The quantitative estimate of drug-likeness (QED) is 0.555. The van der Waals surface area contributed by atoms with Crippen molar-refractivity contribution in [2.75, 3.05) is 6.61 Å². The van der Waals surface area contributed by atoms with E-state index in [-0.39, 0.29) is 25.4 Å². The zero-order chi connectivity index (χ0) is 16.4. The van der Waals surface area contributed by atoms with Crippen LogP contribution >= 0.6 is 0 Å². The fourth-order valence-electron chi connectivity index (χ4n) is 2.69. The predicted octanol–water partition coefficient (Wildman–Crippen LogP) is 2.10. The van der Waals surface area contributed by atoms with Gasteiger partial charge in [-0.2, -0.15) is 0 Å². The maximum absolute atomic E-state index is 11.3. The molecule has 23 heavy (non-hydrogen) atoms. The van der Waals surface area contributed by atoms with Crippen LogP contribution in [0.3, 0.4) is 0 Å². The van der Waals surface area contributed by atoms with E-state index in [0.29, 0.717) is 22.5 Å². The lowest BCUT2D eigenvalue weighted by Gasteiger charge is -2.08. The minimum absolute atomic E-state index is 0.0486. The number of nitrogens with zero attached hydrogens (tertiary/aromatic N) is 3. The normalized spacial score (nSPS) is 11.0. The van der Waals surface area contributed by atoms with Crippen molar-refractivity contribution in [2.24, 2.45) is 0 Å². The van der Waals surface area contributed by atoms with Crippen molar-refractivity contribution < 1.29 is 15.1 Å². The SMILES string of the molecule is O=[N+]([O-])c1ccccc1-c1nc2c(CO)cccc2n1CCO. The minimum atomic E-state index is -0.453. The van der Waals surface area contributed by atoms with Crippen LogP contribution in [0.1, 0.15) is 5.56 Å². The van der Waals surface area contributed by atoms with Gasteiger partial charge in [-0.1, -0.05) is 24.3 Å². The van der Waals surface area contributed by atoms with Gasteiger partial charge in [0.05, 0.1) is 34.7 Å². The van der Waals surface area contributed by atoms with Crippen molar-refractivity contribution in [3.63, 3.8) is 0 Å². The molecule has 0 spiro atoms. The van der Waals surface area contributed by atoms with Gasteiger partial charge in [0.25, 0.3) is 5.69 Å². The lowest BCUT2D eigenvalue weighted by Crippen LogP contribution is -2.05. The number of aliphatic hydroxyl groups is 2. The van der Waals surface area contributed by atoms with Gasteiger partial charge < -0.3 is 14.8 Å². The molecule has 2 N–H and O–H groups in total. The van der Waals surface area contributed by atoms with Crippen molar-refractivity contribution in [3.8, 4) is 11.4 Å². The molecule has 0 saturated carbocycles. The summed E-state index contributed by atoms with van der Waals surface area (Å²) >= 11 is 0. The molecule has 1 aromatic heterocycles. The van der Waals surface area contributed by atoms with E-state index < -0.39 is 4.92 Å². The molecule has 0 unspecified atom stereocenters. The van der Waals surface area contributed by atoms with Crippen LogP contribution in [0.15, 0.2) is 42.5 Å². The number of aromatic nitrogens is 2. The van der Waals surface area contributed by atoms with Crippen molar-refractivity contribution in [1.29, 1.82) is 0 Å². The van der Waals surface area contributed by atoms with Crippen LogP contribution in [-0.2, 0) is 13.2 Å². The monoisotopic (exact) mass is 313 g/mol. The van der Waals surface area contributed by atoms with Crippen LogP contribution in [0.5, 0.6) is 0 Å². The average molecular weight is 313 g/mol. The molecule has 7 nitrogen and oxygen atoms in total. The van der Waals surface area contributed by atoms with Gasteiger partial charge in [-0.3, -0.25) is 10.1 Å². The predicted molar refractivity (Wildman–Crippen MR) is 84.8 cm³/mol. The van der Waals surface area contributed by atoms with E-state index in [9.17, 15) is 20.3 Å². The molecule has 3 rings (SSSR count). The average Bonchev–Trinajstić information content (AvgIpc) is 2.94. The Morgan fingerprint density at radius 2 is 1.91 bits per heavy atom. The molecule has 3 aromatic rings. The number of nitro groups is 1. The molecule has 0 amide bonds. The van der Waals surface area contributed by atoms with Gasteiger partial charge in [-0.05, 0) is 12.1 Å². The number of imidazole rings is 1. The van der Waals surface area contributed by atoms with Crippen molar-refractivity contribution >= 4 is 16.7 Å². The molecule has 0 atom stereocenters. The molecule has 0 aliphatic heterocycles. The Morgan fingerprint density at radius 3 is 2.61 bits per heavy atom. The Kier molecular flexibility index (Phi) is 4.05. The molecule has 0 aliphatic carbocycles. The van der Waals surface area contributed by atoms with E-state index in [2.05, 4.69) is 4.98 Å². The fraction of sp³-hybridized carbons (Fsp3) is 0.188. The topological polar surface area (TPSA) is 101 Å². The summed E-state index contributed by atoms with van der Waals surface area (Å²) in [6.07, 6.45) is 0. The van der Waals surface area contributed by atoms with Crippen LogP contribution in [-0.4, -0.2) is 31.3 Å². The first kappa shape index (κ1) is 15.1. The van der Waals surface area contributed by atoms with Gasteiger partial charge in [0, 0.05) is 18.2 Å². The lowest BCUT2D eigenvalue weighted by molar-refractivity contribution is -0.384. The highest BCUT2D eigenvalue weighted by atomic mass is 16.6. The van der Waals surface area contributed by atoms with Gasteiger partial charge >= 0.3 is 0 Å². The number of rotatable bonds is 5. The van der Waals surface area contributed by atoms with E-state index >= 15 is 0 Å². The van der Waals surface area contributed by atoms with Gasteiger partial charge in [-0.25, -0.2) is 4.98 Å². The van der Waals surface area contributed by atoms with E-state index in [1.54, 1.807) is 34.9 Å². The van der Waals surface area contributed by atoms with Crippen molar-refractivity contribution in [2.45, 2.75) is 13.2 Å². The summed E-state index contributed by atoms with van der Waals surface area (Å²) in [5, 5.41) is 30.1. The van der Waals surface area contributed by atoms with Crippen LogP contribution in [0.4, 0.5) is 5.69 Å². The van der Waals surface area contributed by atoms with Crippen LogP contribution in [0.25, 0.3) is 22.4 Å². The van der Waals surface area contributed by atoms with E-state index in [1.807, 2.05) is 6.07 Å². The molecule has 2 aromatic carbocycles. The number of fused-ring (bicyclic) bond motifs is 1. The molecule has 7 heteroatoms. The maximum atomic E-state index is 11.3. The van der Waals surface area contributed by atoms with Crippen LogP contribution in [0.2, 0.25) is 0 Å². The molecule has 0 fully saturated rings. The second-order valence-electron chi connectivity index (χ2n) is 5.03. The van der Waals surface area contributed by atoms with E-state index in [4.69, 9.17) is 0 Å². The van der Waals surface area contributed by atoms with Gasteiger partial charge in [0.1, 0.15) is 5.82 Å². The summed E-state index contributed by atoms with van der Waals surface area (Å²) in [6.45, 7) is -0.0426. The first-order valence-corrected chi connectivity index (χ1v) is 7.11. The number of hydrogen-bond acceptors (Lipinski definition) is 5. The summed E-state index contributed by atoms with van der Waals surface area (Å²) in [5.41, 5.74) is 2.27. The zero-order valence-electron chi connectivity index (χ0n) is 12.2. The number of hydrogen-bond donors (Lipinski definition) is 2. The summed E-state index contributed by atoms with van der Waals surface area (Å²) < 4.78 is 1.73. The number of benzene rings is 2. The summed E-state index contributed by atoms with van der Waals surface area (Å²) in [4.78, 5) is 15.3. The first-order chi connectivity index (χ1) is 11.2. The number of para-hydroxylation sites is 2. The highest BCUT2D eigenvalue weighted by molar-refractivity contribution is 5.85. The van der Waals surface area contributed by atoms with Crippen molar-refractivity contribution in [3.05, 3.63) is 58.1 Å².